The first-order valence-corrected chi connectivity index (χ1v) is 6.65. The fourth-order valence-electron chi connectivity index (χ4n) is 1.94. The van der Waals surface area contributed by atoms with E-state index in [9.17, 15) is 4.79 Å². The van der Waals surface area contributed by atoms with Gasteiger partial charge in [-0.25, -0.2) is 0 Å². The number of H-pyrrole nitrogens is 1. The van der Waals surface area contributed by atoms with E-state index < -0.39 is 0 Å². The number of hydrogen-bond acceptors (Lipinski definition) is 3. The quantitative estimate of drug-likeness (QED) is 0.902. The number of rotatable bonds is 3. The van der Waals surface area contributed by atoms with Crippen molar-refractivity contribution < 1.29 is 4.79 Å². The van der Waals surface area contributed by atoms with Crippen LogP contribution in [0.3, 0.4) is 0 Å². The molecule has 1 aromatic heterocycles. The van der Waals surface area contributed by atoms with Crippen LogP contribution in [0.1, 0.15) is 55.4 Å². The van der Waals surface area contributed by atoms with E-state index in [-0.39, 0.29) is 17.4 Å². The van der Waals surface area contributed by atoms with E-state index in [1.165, 1.54) is 11.8 Å². The van der Waals surface area contributed by atoms with Crippen LogP contribution in [0.25, 0.3) is 0 Å². The number of benzene rings is 1. The molecule has 0 aliphatic rings. The lowest BCUT2D eigenvalue weighted by atomic mass is 9.86. The van der Waals surface area contributed by atoms with Crippen LogP contribution < -0.4 is 5.32 Å². The van der Waals surface area contributed by atoms with E-state index in [2.05, 4.69) is 53.6 Å². The van der Waals surface area contributed by atoms with Crippen molar-refractivity contribution in [3.05, 3.63) is 47.3 Å². The summed E-state index contributed by atoms with van der Waals surface area (Å²) < 4.78 is 0. The zero-order chi connectivity index (χ0) is 14.8. The lowest BCUT2D eigenvalue weighted by Gasteiger charge is -2.20. The molecule has 1 amide bonds. The molecular formula is C15H20N4O. The van der Waals surface area contributed by atoms with E-state index in [4.69, 9.17) is 0 Å². The van der Waals surface area contributed by atoms with Gasteiger partial charge in [0.05, 0.1) is 12.2 Å². The maximum atomic E-state index is 11.9. The number of hydrogen-bond donors (Lipinski definition) is 2. The summed E-state index contributed by atoms with van der Waals surface area (Å²) in [6.07, 6.45) is 1.41. The zero-order valence-corrected chi connectivity index (χ0v) is 12.3. The van der Waals surface area contributed by atoms with Gasteiger partial charge < -0.3 is 5.32 Å². The summed E-state index contributed by atoms with van der Waals surface area (Å²) in [5, 5.41) is 12.7. The maximum absolute atomic E-state index is 11.9. The molecule has 0 spiro atoms. The average molecular weight is 272 g/mol. The van der Waals surface area contributed by atoms with Crippen LogP contribution >= 0.6 is 0 Å². The lowest BCUT2D eigenvalue weighted by molar-refractivity contribution is 0.0935. The molecular weight excluding hydrogens is 252 g/mol. The second kappa shape index (κ2) is 5.45. The van der Waals surface area contributed by atoms with Crippen molar-refractivity contribution in [3.63, 3.8) is 0 Å². The molecule has 2 N–H and O–H groups in total. The maximum Gasteiger partial charge on any atom is 0.273 e. The summed E-state index contributed by atoms with van der Waals surface area (Å²) in [6, 6.07) is 8.23. The molecule has 0 aliphatic heterocycles. The van der Waals surface area contributed by atoms with Gasteiger partial charge in [-0.15, -0.1) is 0 Å². The van der Waals surface area contributed by atoms with Crippen LogP contribution in [0.2, 0.25) is 0 Å². The molecule has 106 valence electrons. The molecule has 0 aliphatic carbocycles. The monoisotopic (exact) mass is 272 g/mol. The Hall–Kier alpha value is -2.17. The SMILES string of the molecule is CC(NC(=O)c1cn[nH]n1)c1ccc(C(C)(C)C)cc1. The van der Waals surface area contributed by atoms with Gasteiger partial charge in [-0.05, 0) is 23.5 Å². The minimum atomic E-state index is -0.230. The molecule has 1 heterocycles. The Morgan fingerprint density at radius 2 is 1.90 bits per heavy atom. The highest BCUT2D eigenvalue weighted by Gasteiger charge is 2.16. The standard InChI is InChI=1S/C15H20N4O/c1-10(17-14(20)13-9-16-19-18-13)11-5-7-12(8-6-11)15(2,3)4/h5-10H,1-4H3,(H,17,20)(H,16,18,19). The molecule has 20 heavy (non-hydrogen) atoms. The molecule has 0 saturated heterocycles. The normalized spacial score (nSPS) is 13.0. The third kappa shape index (κ3) is 3.23. The summed E-state index contributed by atoms with van der Waals surface area (Å²) >= 11 is 0. The van der Waals surface area contributed by atoms with Gasteiger partial charge >= 0.3 is 0 Å². The summed E-state index contributed by atoms with van der Waals surface area (Å²) in [6.45, 7) is 8.48. The van der Waals surface area contributed by atoms with E-state index >= 15 is 0 Å². The highest BCUT2D eigenvalue weighted by atomic mass is 16.2. The van der Waals surface area contributed by atoms with Crippen molar-refractivity contribution in [1.82, 2.24) is 20.7 Å². The van der Waals surface area contributed by atoms with Gasteiger partial charge in [-0.3, -0.25) is 4.79 Å². The Morgan fingerprint density at radius 1 is 1.25 bits per heavy atom. The van der Waals surface area contributed by atoms with Crippen LogP contribution in [-0.4, -0.2) is 21.3 Å². The highest BCUT2D eigenvalue weighted by molar-refractivity contribution is 5.92. The van der Waals surface area contributed by atoms with E-state index in [0.29, 0.717) is 5.69 Å². The number of aromatic amines is 1. The number of carbonyl (C=O) groups is 1. The van der Waals surface area contributed by atoms with Gasteiger partial charge in [0.2, 0.25) is 0 Å². The Kier molecular flexibility index (Phi) is 3.88. The molecule has 0 saturated carbocycles. The van der Waals surface area contributed by atoms with Crippen molar-refractivity contribution in [1.29, 1.82) is 0 Å². The Bertz CT molecular complexity index is 567. The highest BCUT2D eigenvalue weighted by Crippen LogP contribution is 2.23. The molecule has 1 aromatic carbocycles. The Balaban J connectivity index is 2.06. The van der Waals surface area contributed by atoms with Crippen molar-refractivity contribution in [2.24, 2.45) is 0 Å². The van der Waals surface area contributed by atoms with Crippen molar-refractivity contribution in [2.75, 3.05) is 0 Å². The van der Waals surface area contributed by atoms with Gasteiger partial charge in [0, 0.05) is 0 Å². The molecule has 2 aromatic rings. The largest absolute Gasteiger partial charge is 0.344 e. The fourth-order valence-corrected chi connectivity index (χ4v) is 1.94. The van der Waals surface area contributed by atoms with E-state index in [1.807, 2.05) is 19.1 Å². The first-order valence-electron chi connectivity index (χ1n) is 6.65. The summed E-state index contributed by atoms with van der Waals surface area (Å²) in [5.74, 6) is -0.230. The summed E-state index contributed by atoms with van der Waals surface area (Å²) in [7, 11) is 0. The lowest BCUT2D eigenvalue weighted by Crippen LogP contribution is -2.27. The molecule has 5 nitrogen and oxygen atoms in total. The topological polar surface area (TPSA) is 70.7 Å². The van der Waals surface area contributed by atoms with Crippen molar-refractivity contribution in [3.8, 4) is 0 Å². The molecule has 2 rings (SSSR count). The average Bonchev–Trinajstić information content (AvgIpc) is 2.91. The molecule has 1 atom stereocenters. The third-order valence-corrected chi connectivity index (χ3v) is 3.27. The summed E-state index contributed by atoms with van der Waals surface area (Å²) in [5.41, 5.74) is 2.76. The Morgan fingerprint density at radius 3 is 2.40 bits per heavy atom. The summed E-state index contributed by atoms with van der Waals surface area (Å²) in [4.78, 5) is 11.9. The predicted molar refractivity (Wildman–Crippen MR) is 77.4 cm³/mol. The molecule has 1 unspecified atom stereocenters. The second-order valence-electron chi connectivity index (χ2n) is 5.92. The van der Waals surface area contributed by atoms with E-state index in [1.54, 1.807) is 0 Å². The molecule has 5 heteroatoms. The molecule has 0 radical (unpaired) electrons. The number of amides is 1. The minimum absolute atomic E-state index is 0.0757. The zero-order valence-electron chi connectivity index (χ0n) is 12.3. The van der Waals surface area contributed by atoms with Crippen LogP contribution in [-0.2, 0) is 5.41 Å². The predicted octanol–water partition coefficient (Wildman–Crippen LogP) is 2.59. The number of carbonyl (C=O) groups excluding carboxylic acids is 1. The minimum Gasteiger partial charge on any atom is -0.344 e. The van der Waals surface area contributed by atoms with Crippen molar-refractivity contribution in [2.45, 2.75) is 39.2 Å². The number of nitrogens with zero attached hydrogens (tertiary/aromatic N) is 2. The first-order chi connectivity index (χ1) is 9.38. The third-order valence-electron chi connectivity index (χ3n) is 3.27. The van der Waals surface area contributed by atoms with Gasteiger partial charge in [0.1, 0.15) is 0 Å². The van der Waals surface area contributed by atoms with Gasteiger partial charge in [0.15, 0.2) is 5.69 Å². The van der Waals surface area contributed by atoms with E-state index in [0.717, 1.165) is 5.56 Å². The van der Waals surface area contributed by atoms with Gasteiger partial charge in [0.25, 0.3) is 5.91 Å². The van der Waals surface area contributed by atoms with Crippen LogP contribution in [0, 0.1) is 0 Å². The smallest absolute Gasteiger partial charge is 0.273 e. The van der Waals surface area contributed by atoms with Crippen LogP contribution in [0.4, 0.5) is 0 Å². The molecule has 0 fully saturated rings. The number of nitrogens with one attached hydrogen (secondary N) is 2. The van der Waals surface area contributed by atoms with Crippen LogP contribution in [0.5, 0.6) is 0 Å². The Labute approximate surface area is 118 Å². The van der Waals surface area contributed by atoms with Gasteiger partial charge in [-0.2, -0.15) is 15.4 Å². The number of aromatic nitrogens is 3. The first kappa shape index (κ1) is 14.2. The molecule has 0 bridgehead atoms. The van der Waals surface area contributed by atoms with Crippen LogP contribution in [0.15, 0.2) is 30.5 Å². The fraction of sp³-hybridized carbons (Fsp3) is 0.400. The second-order valence-corrected chi connectivity index (χ2v) is 5.92. The van der Waals surface area contributed by atoms with Gasteiger partial charge in [-0.1, -0.05) is 45.0 Å². The van der Waals surface area contributed by atoms with Crippen molar-refractivity contribution >= 4 is 5.91 Å².